The lowest BCUT2D eigenvalue weighted by Gasteiger charge is -2.39. The second kappa shape index (κ2) is 9.43. The number of piperidine rings is 1. The molecule has 2 amide bonds. The maximum Gasteiger partial charge on any atom is 0.270 e. The summed E-state index contributed by atoms with van der Waals surface area (Å²) in [5.74, 6) is 0.343. The third-order valence-corrected chi connectivity index (χ3v) is 6.79. The number of rotatable bonds is 8. The number of hydrogen-bond donors (Lipinski definition) is 1. The lowest BCUT2D eigenvalue weighted by Crippen LogP contribution is -2.53. The zero-order valence-electron chi connectivity index (χ0n) is 20.1. The SMILES string of the molecule is COCCCN1C(=O)C(C)(C)Oc2ccc(N(C(=O)[C@H]3CNC[C@@H](C(C)=O)C3)C3CC3)cc21. The van der Waals surface area contributed by atoms with Gasteiger partial charge < -0.3 is 24.6 Å². The van der Waals surface area contributed by atoms with Crippen LogP contribution in [0.5, 0.6) is 5.75 Å². The number of amides is 2. The summed E-state index contributed by atoms with van der Waals surface area (Å²) in [6.45, 7) is 7.42. The quantitative estimate of drug-likeness (QED) is 0.604. The maximum absolute atomic E-state index is 13.6. The van der Waals surface area contributed by atoms with Crippen LogP contribution in [0, 0.1) is 11.8 Å². The molecule has 2 fully saturated rings. The number of carbonyl (C=O) groups excluding carboxylic acids is 3. The van der Waals surface area contributed by atoms with E-state index in [1.807, 2.05) is 23.1 Å². The van der Waals surface area contributed by atoms with Crippen molar-refractivity contribution in [1.29, 1.82) is 0 Å². The van der Waals surface area contributed by atoms with E-state index in [1.54, 1.807) is 32.8 Å². The fraction of sp³-hybridized carbons (Fsp3) is 0.640. The summed E-state index contributed by atoms with van der Waals surface area (Å²) in [7, 11) is 1.65. The summed E-state index contributed by atoms with van der Waals surface area (Å²) in [4.78, 5) is 42.3. The smallest absolute Gasteiger partial charge is 0.270 e. The number of Topliss-reactive ketones (excluding diaryl/α,β-unsaturated/α-hetero) is 1. The molecule has 0 bridgehead atoms. The molecule has 180 valence electrons. The number of methoxy groups -OCH3 is 1. The number of carbonyl (C=O) groups is 3. The predicted molar refractivity (Wildman–Crippen MR) is 126 cm³/mol. The van der Waals surface area contributed by atoms with Crippen LogP contribution in [0.1, 0.15) is 46.5 Å². The van der Waals surface area contributed by atoms with Gasteiger partial charge in [0.1, 0.15) is 11.5 Å². The number of hydrogen-bond acceptors (Lipinski definition) is 6. The van der Waals surface area contributed by atoms with Crippen LogP contribution in [0.3, 0.4) is 0 Å². The van der Waals surface area contributed by atoms with E-state index < -0.39 is 5.60 Å². The first-order valence-corrected chi connectivity index (χ1v) is 11.9. The standard InChI is InChI=1S/C25H35N3O5/c1-16(29)17-12-18(15-26-14-17)23(30)28(19-6-7-19)20-8-9-22-21(13-20)27(10-5-11-32-4)24(31)25(2,3)33-22/h8-9,13,17-19,26H,5-7,10-12,14-15H2,1-4H3/t17-,18+/m0/s1. The molecule has 1 aliphatic carbocycles. The van der Waals surface area contributed by atoms with E-state index in [9.17, 15) is 14.4 Å². The average Bonchev–Trinajstić information content (AvgIpc) is 3.62. The highest BCUT2D eigenvalue weighted by Crippen LogP contribution is 2.43. The summed E-state index contributed by atoms with van der Waals surface area (Å²) in [6.07, 6.45) is 3.19. The van der Waals surface area contributed by atoms with E-state index >= 15 is 0 Å². The molecular weight excluding hydrogens is 422 g/mol. The summed E-state index contributed by atoms with van der Waals surface area (Å²) in [5.41, 5.74) is 0.511. The van der Waals surface area contributed by atoms with Crippen molar-refractivity contribution in [2.75, 3.05) is 43.2 Å². The first-order valence-electron chi connectivity index (χ1n) is 11.9. The molecule has 1 aromatic carbocycles. The van der Waals surface area contributed by atoms with Crippen LogP contribution in [-0.4, -0.2) is 62.6 Å². The van der Waals surface area contributed by atoms with Gasteiger partial charge in [-0.3, -0.25) is 14.4 Å². The molecule has 33 heavy (non-hydrogen) atoms. The van der Waals surface area contributed by atoms with Gasteiger partial charge in [0.2, 0.25) is 5.91 Å². The molecule has 0 radical (unpaired) electrons. The van der Waals surface area contributed by atoms with Gasteiger partial charge in [0.15, 0.2) is 5.60 Å². The zero-order chi connectivity index (χ0) is 23.8. The molecule has 8 nitrogen and oxygen atoms in total. The van der Waals surface area contributed by atoms with Crippen molar-refractivity contribution < 1.29 is 23.9 Å². The van der Waals surface area contributed by atoms with Crippen molar-refractivity contribution in [3.63, 3.8) is 0 Å². The molecule has 4 rings (SSSR count). The number of ketones is 1. The monoisotopic (exact) mass is 457 g/mol. The highest BCUT2D eigenvalue weighted by atomic mass is 16.5. The van der Waals surface area contributed by atoms with Gasteiger partial charge in [-0.05, 0) is 64.7 Å². The van der Waals surface area contributed by atoms with Gasteiger partial charge in [-0.15, -0.1) is 0 Å². The number of nitrogens with one attached hydrogen (secondary N) is 1. The topological polar surface area (TPSA) is 88.2 Å². The van der Waals surface area contributed by atoms with Crippen LogP contribution in [-0.2, 0) is 19.1 Å². The summed E-state index contributed by atoms with van der Waals surface area (Å²) in [5, 5.41) is 3.26. The Morgan fingerprint density at radius 1 is 1.24 bits per heavy atom. The number of nitrogens with zero attached hydrogens (tertiary/aromatic N) is 2. The maximum atomic E-state index is 13.6. The molecule has 1 N–H and O–H groups in total. The summed E-state index contributed by atoms with van der Waals surface area (Å²) < 4.78 is 11.2. The highest BCUT2D eigenvalue weighted by molar-refractivity contribution is 6.04. The van der Waals surface area contributed by atoms with Crippen molar-refractivity contribution in [1.82, 2.24) is 5.32 Å². The van der Waals surface area contributed by atoms with E-state index in [0.717, 1.165) is 18.5 Å². The van der Waals surface area contributed by atoms with Crippen LogP contribution in [0.2, 0.25) is 0 Å². The van der Waals surface area contributed by atoms with E-state index in [4.69, 9.17) is 9.47 Å². The van der Waals surface area contributed by atoms with E-state index in [2.05, 4.69) is 5.32 Å². The van der Waals surface area contributed by atoms with Crippen molar-refractivity contribution >= 4 is 29.0 Å². The Kier molecular flexibility index (Phi) is 6.77. The van der Waals surface area contributed by atoms with Gasteiger partial charge in [0.25, 0.3) is 5.91 Å². The van der Waals surface area contributed by atoms with Crippen molar-refractivity contribution in [3.05, 3.63) is 18.2 Å². The average molecular weight is 458 g/mol. The van der Waals surface area contributed by atoms with Gasteiger partial charge in [-0.25, -0.2) is 0 Å². The highest BCUT2D eigenvalue weighted by Gasteiger charge is 2.43. The molecule has 8 heteroatoms. The molecule has 1 saturated heterocycles. The molecule has 2 aliphatic heterocycles. The first-order chi connectivity index (χ1) is 15.7. The molecule has 3 aliphatic rings. The Hall–Kier alpha value is -2.45. The second-order valence-corrected chi connectivity index (χ2v) is 9.91. The van der Waals surface area contributed by atoms with Gasteiger partial charge in [0.05, 0.1) is 11.6 Å². The van der Waals surface area contributed by atoms with Gasteiger partial charge in [-0.1, -0.05) is 0 Å². The largest absolute Gasteiger partial charge is 0.476 e. The zero-order valence-corrected chi connectivity index (χ0v) is 20.1. The minimum Gasteiger partial charge on any atom is -0.476 e. The summed E-state index contributed by atoms with van der Waals surface area (Å²) >= 11 is 0. The minimum atomic E-state index is -0.955. The molecule has 0 aromatic heterocycles. The third-order valence-electron chi connectivity index (χ3n) is 6.79. The number of fused-ring (bicyclic) bond motifs is 1. The minimum absolute atomic E-state index is 0.0465. The van der Waals surface area contributed by atoms with Crippen LogP contribution < -0.4 is 19.9 Å². The van der Waals surface area contributed by atoms with Crippen LogP contribution in [0.25, 0.3) is 0 Å². The predicted octanol–water partition coefficient (Wildman–Crippen LogP) is 2.54. The molecular formula is C25H35N3O5. The van der Waals surface area contributed by atoms with Crippen molar-refractivity contribution in [2.24, 2.45) is 11.8 Å². The van der Waals surface area contributed by atoms with Crippen LogP contribution in [0.15, 0.2) is 18.2 Å². The van der Waals surface area contributed by atoms with Gasteiger partial charge in [0, 0.05) is 51.0 Å². The normalized spacial score (nSPS) is 24.1. The third kappa shape index (κ3) is 4.92. The van der Waals surface area contributed by atoms with Crippen LogP contribution in [0.4, 0.5) is 11.4 Å². The molecule has 2 atom stereocenters. The van der Waals surface area contributed by atoms with E-state index in [1.165, 1.54) is 0 Å². The number of benzene rings is 1. The molecule has 0 unspecified atom stereocenters. The summed E-state index contributed by atoms with van der Waals surface area (Å²) in [6, 6.07) is 5.84. The Morgan fingerprint density at radius 2 is 1.97 bits per heavy atom. The van der Waals surface area contributed by atoms with Gasteiger partial charge >= 0.3 is 0 Å². The lowest BCUT2D eigenvalue weighted by molar-refractivity contribution is -0.132. The lowest BCUT2D eigenvalue weighted by atomic mass is 9.87. The Morgan fingerprint density at radius 3 is 2.64 bits per heavy atom. The Bertz CT molecular complexity index is 927. The van der Waals surface area contributed by atoms with Crippen molar-refractivity contribution in [3.8, 4) is 5.75 Å². The first kappa shape index (κ1) is 23.7. The molecule has 1 aromatic rings. The second-order valence-electron chi connectivity index (χ2n) is 9.91. The molecule has 0 spiro atoms. The van der Waals surface area contributed by atoms with Crippen LogP contribution >= 0.6 is 0 Å². The fourth-order valence-corrected chi connectivity index (χ4v) is 4.78. The van der Waals surface area contributed by atoms with E-state index in [-0.39, 0.29) is 35.5 Å². The molecule has 2 heterocycles. The Balaban J connectivity index is 1.63. The molecule has 1 saturated carbocycles. The number of ether oxygens (including phenoxy) is 2. The Labute approximate surface area is 195 Å². The number of anilines is 2. The van der Waals surface area contributed by atoms with Crippen molar-refractivity contribution in [2.45, 2.75) is 58.1 Å². The van der Waals surface area contributed by atoms with Gasteiger partial charge in [-0.2, -0.15) is 0 Å². The van der Waals surface area contributed by atoms with E-state index in [0.29, 0.717) is 50.5 Å². The fourth-order valence-electron chi connectivity index (χ4n) is 4.78.